The Balaban J connectivity index is 1.99. The molecule has 2 saturated heterocycles. The Bertz CT molecular complexity index is 818. The van der Waals surface area contributed by atoms with E-state index in [4.69, 9.17) is 0 Å². The Hall–Kier alpha value is -1.34. The highest BCUT2D eigenvalue weighted by atomic mass is 32.2. The van der Waals surface area contributed by atoms with Crippen LogP contribution >= 0.6 is 11.8 Å². The number of sulfone groups is 1. The topological polar surface area (TPSA) is 66.8 Å². The lowest BCUT2D eigenvalue weighted by Crippen LogP contribution is -2.38. The van der Waals surface area contributed by atoms with Crippen LogP contribution in [0.1, 0.15) is 37.3 Å². The quantitative estimate of drug-likeness (QED) is 0.803. The smallest absolute Gasteiger partial charge is 0.248 e. The Morgan fingerprint density at radius 3 is 2.80 bits per heavy atom. The zero-order valence-corrected chi connectivity index (χ0v) is 16.5. The number of benzene rings is 1. The van der Waals surface area contributed by atoms with Crippen LogP contribution in [0.3, 0.4) is 0 Å². The van der Waals surface area contributed by atoms with Crippen LogP contribution < -0.4 is 4.90 Å². The van der Waals surface area contributed by atoms with E-state index in [9.17, 15) is 13.2 Å². The van der Waals surface area contributed by atoms with Gasteiger partial charge in [0.2, 0.25) is 5.91 Å². The molecule has 2 heterocycles. The number of hydrogen-bond donors (Lipinski definition) is 0. The van der Waals surface area contributed by atoms with Crippen molar-refractivity contribution < 1.29 is 13.2 Å². The first kappa shape index (κ1) is 18.5. The van der Waals surface area contributed by atoms with Crippen LogP contribution in [-0.4, -0.2) is 42.3 Å². The van der Waals surface area contributed by atoms with Gasteiger partial charge in [0.1, 0.15) is 0 Å². The molecule has 0 aliphatic carbocycles. The summed E-state index contributed by atoms with van der Waals surface area (Å²) in [6.07, 6.45) is 2.22. The molecular formula is C18H24N2O3S2. The highest BCUT2D eigenvalue weighted by molar-refractivity contribution is 8.16. The van der Waals surface area contributed by atoms with Crippen LogP contribution in [0, 0.1) is 13.8 Å². The van der Waals surface area contributed by atoms with E-state index in [1.807, 2.05) is 37.8 Å². The first-order valence-electron chi connectivity index (χ1n) is 8.66. The van der Waals surface area contributed by atoms with Gasteiger partial charge < -0.3 is 4.90 Å². The van der Waals surface area contributed by atoms with Crippen molar-refractivity contribution in [3.05, 3.63) is 29.3 Å². The van der Waals surface area contributed by atoms with Gasteiger partial charge in [0, 0.05) is 17.4 Å². The van der Waals surface area contributed by atoms with Crippen LogP contribution in [0.25, 0.3) is 0 Å². The summed E-state index contributed by atoms with van der Waals surface area (Å²) in [6, 6.07) is 5.97. The van der Waals surface area contributed by atoms with Gasteiger partial charge in [-0.3, -0.25) is 4.79 Å². The van der Waals surface area contributed by atoms with E-state index < -0.39 is 9.84 Å². The Kier molecular flexibility index (Phi) is 5.25. The SMILES string of the molecule is CCCCC(=O)N=C1SC2CS(=O)(=O)CC2N1c1cc(C)ccc1C. The third kappa shape index (κ3) is 3.92. The molecule has 0 aromatic heterocycles. The van der Waals surface area contributed by atoms with Crippen LogP contribution in [0.15, 0.2) is 23.2 Å². The molecule has 3 rings (SSSR count). The number of carbonyl (C=O) groups excluding carboxylic acids is 1. The monoisotopic (exact) mass is 380 g/mol. The van der Waals surface area contributed by atoms with Gasteiger partial charge in [0.15, 0.2) is 15.0 Å². The minimum Gasteiger partial charge on any atom is -0.315 e. The Morgan fingerprint density at radius 1 is 1.32 bits per heavy atom. The van der Waals surface area contributed by atoms with Gasteiger partial charge in [0.25, 0.3) is 0 Å². The summed E-state index contributed by atoms with van der Waals surface area (Å²) in [7, 11) is -3.04. The van der Waals surface area contributed by atoms with Crippen molar-refractivity contribution in [2.45, 2.75) is 51.3 Å². The highest BCUT2D eigenvalue weighted by Gasteiger charge is 2.49. The third-order valence-electron chi connectivity index (χ3n) is 4.66. The maximum Gasteiger partial charge on any atom is 0.248 e. The van der Waals surface area contributed by atoms with Crippen molar-refractivity contribution in [3.63, 3.8) is 0 Å². The number of amidine groups is 1. The molecule has 25 heavy (non-hydrogen) atoms. The van der Waals surface area contributed by atoms with Crippen molar-refractivity contribution in [2.75, 3.05) is 16.4 Å². The molecule has 0 saturated carbocycles. The fourth-order valence-electron chi connectivity index (χ4n) is 3.32. The summed E-state index contributed by atoms with van der Waals surface area (Å²) in [5, 5.41) is 0.599. The predicted octanol–water partition coefficient (Wildman–Crippen LogP) is 3.10. The number of fused-ring (bicyclic) bond motifs is 1. The second-order valence-electron chi connectivity index (χ2n) is 6.85. The molecule has 2 atom stereocenters. The van der Waals surface area contributed by atoms with Crippen LogP contribution in [-0.2, 0) is 14.6 Å². The highest BCUT2D eigenvalue weighted by Crippen LogP contribution is 2.42. The Labute approximate surface area is 153 Å². The minimum atomic E-state index is -3.04. The van der Waals surface area contributed by atoms with Gasteiger partial charge in [-0.25, -0.2) is 8.42 Å². The molecule has 7 heteroatoms. The lowest BCUT2D eigenvalue weighted by Gasteiger charge is -2.26. The average molecular weight is 381 g/mol. The number of aliphatic imine (C=N–C) groups is 1. The molecule has 5 nitrogen and oxygen atoms in total. The number of rotatable bonds is 4. The van der Waals surface area contributed by atoms with E-state index >= 15 is 0 Å². The fourth-order valence-corrected chi connectivity index (χ4v) is 7.24. The number of aryl methyl sites for hydroxylation is 2. The van der Waals surface area contributed by atoms with Gasteiger partial charge in [-0.2, -0.15) is 4.99 Å². The number of anilines is 1. The molecule has 2 fully saturated rings. The number of hydrogen-bond acceptors (Lipinski definition) is 4. The van der Waals surface area contributed by atoms with Crippen LogP contribution in [0.2, 0.25) is 0 Å². The Morgan fingerprint density at radius 2 is 2.08 bits per heavy atom. The first-order valence-corrected chi connectivity index (χ1v) is 11.4. The molecule has 136 valence electrons. The van der Waals surface area contributed by atoms with Crippen molar-refractivity contribution in [1.29, 1.82) is 0 Å². The van der Waals surface area contributed by atoms with E-state index in [1.54, 1.807) is 0 Å². The molecule has 1 amide bonds. The number of unbranched alkanes of at least 4 members (excludes halogenated alkanes) is 1. The standard InChI is InChI=1S/C18H24N2O3S2/c1-4-5-6-17(21)19-18-20(14-9-12(2)7-8-13(14)3)15-10-25(22,23)11-16(15)24-18/h7-9,15-16H,4-6,10-11H2,1-3H3. The van der Waals surface area contributed by atoms with Gasteiger partial charge in [-0.05, 0) is 37.5 Å². The average Bonchev–Trinajstić information content (AvgIpc) is 2.98. The second-order valence-corrected chi connectivity index (χ2v) is 10.2. The van der Waals surface area contributed by atoms with Crippen molar-refractivity contribution in [1.82, 2.24) is 0 Å². The summed E-state index contributed by atoms with van der Waals surface area (Å²) >= 11 is 1.44. The largest absolute Gasteiger partial charge is 0.315 e. The maximum absolute atomic E-state index is 12.2. The fraction of sp³-hybridized carbons (Fsp3) is 0.556. The summed E-state index contributed by atoms with van der Waals surface area (Å²) < 4.78 is 24.2. The van der Waals surface area contributed by atoms with Crippen molar-refractivity contribution in [2.24, 2.45) is 4.99 Å². The molecule has 2 unspecified atom stereocenters. The van der Waals surface area contributed by atoms with E-state index in [0.717, 1.165) is 29.7 Å². The summed E-state index contributed by atoms with van der Waals surface area (Å²) in [5.41, 5.74) is 3.12. The van der Waals surface area contributed by atoms with Gasteiger partial charge in [0.05, 0.1) is 17.5 Å². The summed E-state index contributed by atoms with van der Waals surface area (Å²) in [4.78, 5) is 18.5. The first-order chi connectivity index (χ1) is 11.8. The molecule has 2 aliphatic heterocycles. The molecule has 0 bridgehead atoms. The number of carbonyl (C=O) groups is 1. The summed E-state index contributed by atoms with van der Waals surface area (Å²) in [6.45, 7) is 6.06. The normalized spacial score (nSPS) is 26.2. The maximum atomic E-state index is 12.2. The lowest BCUT2D eigenvalue weighted by atomic mass is 10.1. The van der Waals surface area contributed by atoms with E-state index in [1.165, 1.54) is 11.8 Å². The lowest BCUT2D eigenvalue weighted by molar-refractivity contribution is -0.117. The van der Waals surface area contributed by atoms with E-state index in [-0.39, 0.29) is 28.7 Å². The van der Waals surface area contributed by atoms with Gasteiger partial charge in [-0.1, -0.05) is 37.2 Å². The number of nitrogens with zero attached hydrogens (tertiary/aromatic N) is 2. The molecule has 2 aliphatic rings. The van der Waals surface area contributed by atoms with Gasteiger partial charge >= 0.3 is 0 Å². The van der Waals surface area contributed by atoms with Crippen LogP contribution in [0.4, 0.5) is 5.69 Å². The van der Waals surface area contributed by atoms with Crippen molar-refractivity contribution >= 4 is 38.4 Å². The van der Waals surface area contributed by atoms with Gasteiger partial charge in [-0.15, -0.1) is 0 Å². The predicted molar refractivity (Wildman–Crippen MR) is 104 cm³/mol. The molecule has 0 N–H and O–H groups in total. The van der Waals surface area contributed by atoms with Crippen molar-refractivity contribution in [3.8, 4) is 0 Å². The minimum absolute atomic E-state index is 0.0531. The molecule has 1 aromatic rings. The number of thioether (sulfide) groups is 1. The van der Waals surface area contributed by atoms with Crippen LogP contribution in [0.5, 0.6) is 0 Å². The van der Waals surface area contributed by atoms with E-state index in [0.29, 0.717) is 11.6 Å². The third-order valence-corrected chi connectivity index (χ3v) is 7.87. The molecule has 0 spiro atoms. The molecular weight excluding hydrogens is 356 g/mol. The zero-order chi connectivity index (χ0) is 18.2. The molecule has 0 radical (unpaired) electrons. The zero-order valence-electron chi connectivity index (χ0n) is 14.9. The van der Waals surface area contributed by atoms with E-state index in [2.05, 4.69) is 11.1 Å². The molecule has 1 aromatic carbocycles. The summed E-state index contributed by atoms with van der Waals surface area (Å²) in [5.74, 6) is 0.161. The second kappa shape index (κ2) is 7.11. The number of amides is 1.